The fourth-order valence-electron chi connectivity index (χ4n) is 3.99. The van der Waals surface area contributed by atoms with Crippen molar-refractivity contribution in [2.24, 2.45) is 5.41 Å². The van der Waals surface area contributed by atoms with E-state index in [1.807, 2.05) is 51.1 Å². The van der Waals surface area contributed by atoms with Gasteiger partial charge in [-0.3, -0.25) is 9.52 Å². The van der Waals surface area contributed by atoms with Crippen molar-refractivity contribution in [2.45, 2.75) is 31.7 Å². The molecule has 0 heterocycles. The molecule has 0 unspecified atom stereocenters. The van der Waals surface area contributed by atoms with Crippen LogP contribution in [-0.4, -0.2) is 14.3 Å². The predicted molar refractivity (Wildman–Crippen MR) is 156 cm³/mol. The number of amides is 1. The average molecular weight is 584 g/mol. The van der Waals surface area contributed by atoms with Gasteiger partial charge in [-0.2, -0.15) is 0 Å². The molecule has 0 aromatic heterocycles. The molecule has 0 saturated heterocycles. The first-order valence-corrected chi connectivity index (χ1v) is 14.4. The third-order valence-electron chi connectivity index (χ3n) is 5.94. The lowest BCUT2D eigenvalue weighted by Crippen LogP contribution is -2.37. The van der Waals surface area contributed by atoms with Crippen molar-refractivity contribution in [1.29, 1.82) is 0 Å². The van der Waals surface area contributed by atoms with Crippen LogP contribution in [0.5, 0.6) is 11.5 Å². The summed E-state index contributed by atoms with van der Waals surface area (Å²) in [7, 11) is -4.04. The normalized spacial score (nSPS) is 12.4. The SMILES string of the molecule is CC(C)(C)[C@H](NC(=O)c1cc(Cl)ccc1NS(=O)(=O)c1ccc(Oc2ccccc2Cl)cc1)c1ccccc1. The van der Waals surface area contributed by atoms with Gasteiger partial charge in [-0.15, -0.1) is 0 Å². The van der Waals surface area contributed by atoms with Crippen molar-refractivity contribution in [3.63, 3.8) is 0 Å². The standard InChI is InChI=1S/C30H28Cl2N2O4S/c1-30(2,3)28(20-9-5-4-6-10-20)33-29(35)24-19-21(31)13-18-26(24)34-39(36,37)23-16-14-22(15-17-23)38-27-12-8-7-11-25(27)32/h4-19,28,34H,1-3H3,(H,33,35)/t28-/m1/s1. The summed E-state index contributed by atoms with van der Waals surface area (Å²) in [4.78, 5) is 13.5. The van der Waals surface area contributed by atoms with Crippen molar-refractivity contribution in [3.05, 3.63) is 118 Å². The number of benzene rings is 4. The van der Waals surface area contributed by atoms with Gasteiger partial charge in [0.25, 0.3) is 15.9 Å². The van der Waals surface area contributed by atoms with Crippen LogP contribution < -0.4 is 14.8 Å². The Labute approximate surface area is 239 Å². The van der Waals surface area contributed by atoms with Crippen LogP contribution >= 0.6 is 23.2 Å². The van der Waals surface area contributed by atoms with Crippen LogP contribution in [0, 0.1) is 5.41 Å². The lowest BCUT2D eigenvalue weighted by Gasteiger charge is -2.32. The van der Waals surface area contributed by atoms with Gasteiger partial charge >= 0.3 is 0 Å². The maximum Gasteiger partial charge on any atom is 0.261 e. The average Bonchev–Trinajstić information content (AvgIpc) is 2.89. The maximum absolute atomic E-state index is 13.5. The molecule has 4 aromatic carbocycles. The van der Waals surface area contributed by atoms with Gasteiger partial charge in [-0.1, -0.05) is 86.4 Å². The Hall–Kier alpha value is -3.52. The highest BCUT2D eigenvalue weighted by Gasteiger charge is 2.29. The Morgan fingerprint density at radius 1 is 0.846 bits per heavy atom. The molecule has 1 amide bonds. The number of nitrogens with one attached hydrogen (secondary N) is 2. The van der Waals surface area contributed by atoms with E-state index in [1.165, 1.54) is 42.5 Å². The van der Waals surface area contributed by atoms with Crippen molar-refractivity contribution < 1.29 is 17.9 Å². The summed E-state index contributed by atoms with van der Waals surface area (Å²) in [5, 5.41) is 3.80. The minimum atomic E-state index is -4.04. The van der Waals surface area contributed by atoms with Gasteiger partial charge in [0, 0.05) is 5.02 Å². The Kier molecular flexibility index (Phi) is 8.54. The third-order valence-corrected chi connectivity index (χ3v) is 7.87. The number of rotatable bonds is 8. The summed E-state index contributed by atoms with van der Waals surface area (Å²) >= 11 is 12.3. The second kappa shape index (κ2) is 11.7. The molecule has 0 spiro atoms. The van der Waals surface area contributed by atoms with Crippen LogP contribution in [0.15, 0.2) is 102 Å². The molecule has 1 atom stereocenters. The number of hydrogen-bond acceptors (Lipinski definition) is 4. The Morgan fingerprint density at radius 2 is 1.49 bits per heavy atom. The van der Waals surface area contributed by atoms with E-state index in [4.69, 9.17) is 27.9 Å². The van der Waals surface area contributed by atoms with Crippen LogP contribution in [0.2, 0.25) is 10.0 Å². The number of ether oxygens (including phenoxy) is 1. The molecule has 0 aliphatic rings. The highest BCUT2D eigenvalue weighted by molar-refractivity contribution is 7.92. The Balaban J connectivity index is 1.57. The van der Waals surface area contributed by atoms with Gasteiger partial charge < -0.3 is 10.1 Å². The molecule has 4 rings (SSSR count). The first-order chi connectivity index (χ1) is 18.4. The maximum atomic E-state index is 13.5. The Morgan fingerprint density at radius 3 is 2.13 bits per heavy atom. The number of para-hydroxylation sites is 1. The van der Waals surface area contributed by atoms with E-state index in [1.54, 1.807) is 24.3 Å². The Bertz CT molecular complexity index is 1570. The summed E-state index contributed by atoms with van der Waals surface area (Å²) in [5.41, 5.74) is 0.828. The minimum absolute atomic E-state index is 0.00725. The van der Waals surface area contributed by atoms with E-state index in [-0.39, 0.29) is 27.6 Å². The summed E-state index contributed by atoms with van der Waals surface area (Å²) in [5.74, 6) is 0.416. The van der Waals surface area contributed by atoms with Gasteiger partial charge in [0.1, 0.15) is 11.5 Å². The molecule has 0 saturated carbocycles. The number of sulfonamides is 1. The molecule has 0 aliphatic heterocycles. The molecular formula is C30H28Cl2N2O4S. The summed E-state index contributed by atoms with van der Waals surface area (Å²) in [6.45, 7) is 6.06. The summed E-state index contributed by atoms with van der Waals surface area (Å²) in [6.07, 6.45) is 0. The highest BCUT2D eigenvalue weighted by Crippen LogP contribution is 2.34. The second-order valence-electron chi connectivity index (χ2n) is 9.98. The van der Waals surface area contributed by atoms with Crippen LogP contribution in [0.3, 0.4) is 0 Å². The van der Waals surface area contributed by atoms with Crippen LogP contribution in [0.4, 0.5) is 5.69 Å². The quantitative estimate of drug-likeness (QED) is 0.220. The molecule has 202 valence electrons. The zero-order valence-electron chi connectivity index (χ0n) is 21.6. The van der Waals surface area contributed by atoms with E-state index in [0.29, 0.717) is 21.5 Å². The molecular weight excluding hydrogens is 555 g/mol. The second-order valence-corrected chi connectivity index (χ2v) is 12.5. The van der Waals surface area contributed by atoms with E-state index < -0.39 is 15.9 Å². The zero-order valence-corrected chi connectivity index (χ0v) is 23.9. The topological polar surface area (TPSA) is 84.5 Å². The summed E-state index contributed by atoms with van der Waals surface area (Å²) in [6, 6.07) is 26.6. The first kappa shape index (κ1) is 28.5. The van der Waals surface area contributed by atoms with Crippen LogP contribution in [0.1, 0.15) is 42.7 Å². The molecule has 0 aliphatic carbocycles. The van der Waals surface area contributed by atoms with E-state index in [9.17, 15) is 13.2 Å². The molecule has 2 N–H and O–H groups in total. The molecule has 0 bridgehead atoms. The monoisotopic (exact) mass is 582 g/mol. The van der Waals surface area contributed by atoms with Gasteiger partial charge in [0.15, 0.2) is 0 Å². The largest absolute Gasteiger partial charge is 0.456 e. The van der Waals surface area contributed by atoms with Crippen molar-refractivity contribution in [1.82, 2.24) is 5.32 Å². The van der Waals surface area contributed by atoms with Crippen molar-refractivity contribution in [3.8, 4) is 11.5 Å². The van der Waals surface area contributed by atoms with Gasteiger partial charge in [-0.05, 0) is 65.6 Å². The number of halogens is 2. The van der Waals surface area contributed by atoms with E-state index in [2.05, 4.69) is 10.0 Å². The van der Waals surface area contributed by atoms with Gasteiger partial charge in [0.05, 0.1) is 27.2 Å². The molecule has 4 aromatic rings. The van der Waals surface area contributed by atoms with Crippen molar-refractivity contribution in [2.75, 3.05) is 4.72 Å². The highest BCUT2D eigenvalue weighted by atomic mass is 35.5. The molecule has 9 heteroatoms. The number of anilines is 1. The number of carbonyl (C=O) groups is 1. The molecule has 0 fully saturated rings. The molecule has 6 nitrogen and oxygen atoms in total. The zero-order chi connectivity index (χ0) is 28.2. The number of hydrogen-bond donors (Lipinski definition) is 2. The van der Waals surface area contributed by atoms with Crippen LogP contribution in [-0.2, 0) is 10.0 Å². The molecule has 0 radical (unpaired) electrons. The smallest absolute Gasteiger partial charge is 0.261 e. The lowest BCUT2D eigenvalue weighted by molar-refractivity contribution is 0.0902. The molecule has 39 heavy (non-hydrogen) atoms. The fourth-order valence-corrected chi connectivity index (χ4v) is 5.42. The van der Waals surface area contributed by atoms with Gasteiger partial charge in [0.2, 0.25) is 0 Å². The fraction of sp³-hybridized carbons (Fsp3) is 0.167. The lowest BCUT2D eigenvalue weighted by atomic mass is 9.82. The van der Waals surface area contributed by atoms with Gasteiger partial charge in [-0.25, -0.2) is 8.42 Å². The van der Waals surface area contributed by atoms with E-state index >= 15 is 0 Å². The minimum Gasteiger partial charge on any atom is -0.456 e. The first-order valence-electron chi connectivity index (χ1n) is 12.1. The van der Waals surface area contributed by atoms with Crippen LogP contribution in [0.25, 0.3) is 0 Å². The van der Waals surface area contributed by atoms with Crippen molar-refractivity contribution >= 4 is 44.8 Å². The number of carbonyl (C=O) groups excluding carboxylic acids is 1. The van der Waals surface area contributed by atoms with E-state index in [0.717, 1.165) is 5.56 Å². The predicted octanol–water partition coefficient (Wildman–Crippen LogP) is 8.10. The third kappa shape index (κ3) is 7.12. The summed E-state index contributed by atoms with van der Waals surface area (Å²) < 4.78 is 34.8.